The van der Waals surface area contributed by atoms with Crippen LogP contribution in [0.25, 0.3) is 0 Å². The van der Waals surface area contributed by atoms with Gasteiger partial charge in [-0.1, -0.05) is 13.8 Å². The van der Waals surface area contributed by atoms with E-state index in [9.17, 15) is 14.7 Å². The third-order valence-corrected chi connectivity index (χ3v) is 4.70. The topological polar surface area (TPSA) is 84.2 Å². The normalized spacial score (nSPS) is 22.2. The molecule has 0 spiro atoms. The van der Waals surface area contributed by atoms with Gasteiger partial charge in [0.1, 0.15) is 11.2 Å². The maximum Gasteiger partial charge on any atom is 0.330 e. The average Bonchev–Trinajstić information content (AvgIpc) is 2.96. The Morgan fingerprint density at radius 1 is 1.55 bits per heavy atom. The summed E-state index contributed by atoms with van der Waals surface area (Å²) in [5.74, 6) is 0.0233. The van der Waals surface area contributed by atoms with Gasteiger partial charge in [0, 0.05) is 12.8 Å². The summed E-state index contributed by atoms with van der Waals surface area (Å²) in [4.78, 5) is 23.8. The van der Waals surface area contributed by atoms with E-state index in [0.717, 1.165) is 11.4 Å². The highest BCUT2D eigenvalue weighted by atomic mass is 32.2. The number of carboxylic acid groups (broad SMARTS) is 1. The van der Waals surface area contributed by atoms with Crippen LogP contribution < -0.4 is 5.32 Å². The molecule has 1 atom stereocenters. The van der Waals surface area contributed by atoms with E-state index in [-0.39, 0.29) is 11.8 Å². The summed E-state index contributed by atoms with van der Waals surface area (Å²) in [6.07, 6.45) is 0.452. The summed E-state index contributed by atoms with van der Waals surface area (Å²) in [6, 6.07) is 1.72. The van der Waals surface area contributed by atoms with Gasteiger partial charge in [0.2, 0.25) is 0 Å². The summed E-state index contributed by atoms with van der Waals surface area (Å²) in [7, 11) is 1.69. The number of amides is 1. The number of thioether (sulfide) groups is 1. The third-order valence-electron chi connectivity index (χ3n) is 3.51. The average molecular weight is 297 g/mol. The summed E-state index contributed by atoms with van der Waals surface area (Å²) in [6.45, 7) is 3.99. The Morgan fingerprint density at radius 2 is 2.25 bits per heavy atom. The largest absolute Gasteiger partial charge is 0.479 e. The van der Waals surface area contributed by atoms with Crippen molar-refractivity contribution in [1.82, 2.24) is 15.1 Å². The minimum Gasteiger partial charge on any atom is -0.479 e. The lowest BCUT2D eigenvalue weighted by Gasteiger charge is -2.24. The molecule has 1 aliphatic heterocycles. The number of hydrogen-bond donors (Lipinski definition) is 2. The van der Waals surface area contributed by atoms with Gasteiger partial charge in [-0.25, -0.2) is 4.79 Å². The van der Waals surface area contributed by atoms with Crippen molar-refractivity contribution < 1.29 is 14.7 Å². The van der Waals surface area contributed by atoms with E-state index in [0.29, 0.717) is 17.9 Å². The van der Waals surface area contributed by atoms with Crippen molar-refractivity contribution in [2.75, 3.05) is 11.5 Å². The molecule has 1 amide bonds. The van der Waals surface area contributed by atoms with Crippen molar-refractivity contribution in [3.63, 3.8) is 0 Å². The van der Waals surface area contributed by atoms with Crippen LogP contribution in [0.3, 0.4) is 0 Å². The van der Waals surface area contributed by atoms with Crippen LogP contribution in [0.15, 0.2) is 6.07 Å². The van der Waals surface area contributed by atoms with Gasteiger partial charge in [-0.3, -0.25) is 9.48 Å². The number of carbonyl (C=O) groups is 2. The predicted octanol–water partition coefficient (Wildman–Crippen LogP) is 1.23. The molecule has 0 bridgehead atoms. The van der Waals surface area contributed by atoms with Crippen LogP contribution >= 0.6 is 11.8 Å². The first-order chi connectivity index (χ1) is 9.35. The molecule has 1 saturated heterocycles. The first-order valence-corrected chi connectivity index (χ1v) is 7.69. The van der Waals surface area contributed by atoms with Gasteiger partial charge in [0.25, 0.3) is 5.91 Å². The molecular formula is C13H19N3O3S. The van der Waals surface area contributed by atoms with E-state index in [1.165, 1.54) is 4.68 Å². The van der Waals surface area contributed by atoms with E-state index in [1.54, 1.807) is 24.9 Å². The lowest BCUT2D eigenvalue weighted by Crippen LogP contribution is -2.55. The molecule has 6 nitrogen and oxygen atoms in total. The zero-order chi connectivity index (χ0) is 14.9. The molecule has 2 rings (SSSR count). The van der Waals surface area contributed by atoms with Crippen LogP contribution in [-0.4, -0.2) is 43.8 Å². The number of carboxylic acids is 1. The Balaban J connectivity index is 2.21. The number of nitrogens with zero attached hydrogens (tertiary/aromatic N) is 2. The van der Waals surface area contributed by atoms with Crippen molar-refractivity contribution in [3.05, 3.63) is 17.5 Å². The zero-order valence-corrected chi connectivity index (χ0v) is 12.7. The van der Waals surface area contributed by atoms with Gasteiger partial charge in [-0.15, -0.1) is 0 Å². The van der Waals surface area contributed by atoms with Gasteiger partial charge < -0.3 is 10.4 Å². The monoisotopic (exact) mass is 297 g/mol. The molecule has 2 heterocycles. The number of carbonyl (C=O) groups excluding carboxylic acids is 1. The number of nitrogens with one attached hydrogen (secondary N) is 1. The zero-order valence-electron chi connectivity index (χ0n) is 11.8. The molecule has 1 unspecified atom stereocenters. The highest BCUT2D eigenvalue weighted by molar-refractivity contribution is 7.99. The molecule has 7 heteroatoms. The molecule has 1 aromatic rings. The lowest BCUT2D eigenvalue weighted by molar-refractivity contribution is -0.143. The van der Waals surface area contributed by atoms with Crippen molar-refractivity contribution in [2.45, 2.75) is 31.7 Å². The van der Waals surface area contributed by atoms with E-state index < -0.39 is 11.5 Å². The maximum atomic E-state index is 12.3. The fourth-order valence-corrected chi connectivity index (χ4v) is 3.48. The molecule has 110 valence electrons. The van der Waals surface area contributed by atoms with Crippen LogP contribution in [-0.2, 0) is 11.8 Å². The van der Waals surface area contributed by atoms with Gasteiger partial charge in [-0.2, -0.15) is 16.9 Å². The van der Waals surface area contributed by atoms with Crippen LogP contribution in [0.5, 0.6) is 0 Å². The van der Waals surface area contributed by atoms with Gasteiger partial charge >= 0.3 is 5.97 Å². The van der Waals surface area contributed by atoms with E-state index in [2.05, 4.69) is 10.4 Å². The first kappa shape index (κ1) is 14.9. The van der Waals surface area contributed by atoms with E-state index >= 15 is 0 Å². The molecule has 20 heavy (non-hydrogen) atoms. The standard InChI is InChI=1S/C13H19N3O3S/c1-8(2)9-6-10(16(3)15-9)11(17)14-13(12(18)19)4-5-20-7-13/h6,8H,4-5,7H2,1-3H3,(H,14,17)(H,18,19). The first-order valence-electron chi connectivity index (χ1n) is 6.53. The number of hydrogen-bond acceptors (Lipinski definition) is 4. The summed E-state index contributed by atoms with van der Waals surface area (Å²) >= 11 is 1.54. The number of rotatable bonds is 4. The lowest BCUT2D eigenvalue weighted by atomic mass is 9.99. The molecule has 1 fully saturated rings. The molecule has 2 N–H and O–H groups in total. The molecule has 0 aliphatic carbocycles. The van der Waals surface area contributed by atoms with Crippen LogP contribution in [0, 0.1) is 0 Å². The number of aliphatic carboxylic acids is 1. The Morgan fingerprint density at radius 3 is 2.70 bits per heavy atom. The van der Waals surface area contributed by atoms with E-state index in [4.69, 9.17) is 0 Å². The summed E-state index contributed by atoms with van der Waals surface area (Å²) < 4.78 is 1.50. The Labute approximate surface area is 121 Å². The van der Waals surface area contributed by atoms with Crippen molar-refractivity contribution in [3.8, 4) is 0 Å². The third kappa shape index (κ3) is 2.67. The SMILES string of the molecule is CC(C)c1cc(C(=O)NC2(C(=O)O)CCSC2)n(C)n1. The molecule has 1 aromatic heterocycles. The van der Waals surface area contributed by atoms with Crippen LogP contribution in [0.1, 0.15) is 42.4 Å². The minimum atomic E-state index is -1.15. The molecular weight excluding hydrogens is 278 g/mol. The summed E-state index contributed by atoms with van der Waals surface area (Å²) in [5, 5.41) is 16.3. The molecule has 0 radical (unpaired) electrons. The smallest absolute Gasteiger partial charge is 0.330 e. The number of aryl methyl sites for hydroxylation is 1. The maximum absolute atomic E-state index is 12.3. The van der Waals surface area contributed by atoms with Gasteiger partial charge in [-0.05, 0) is 24.2 Å². The van der Waals surface area contributed by atoms with Crippen molar-refractivity contribution in [1.29, 1.82) is 0 Å². The number of aromatic nitrogens is 2. The minimum absolute atomic E-state index is 0.221. The highest BCUT2D eigenvalue weighted by Crippen LogP contribution is 2.28. The quantitative estimate of drug-likeness (QED) is 0.873. The van der Waals surface area contributed by atoms with Gasteiger partial charge in [0.05, 0.1) is 5.69 Å². The Kier molecular flexibility index (Phi) is 4.08. The molecule has 1 aliphatic rings. The van der Waals surface area contributed by atoms with Crippen molar-refractivity contribution >= 4 is 23.6 Å². The fraction of sp³-hybridized carbons (Fsp3) is 0.615. The second-order valence-electron chi connectivity index (χ2n) is 5.38. The molecule has 0 aromatic carbocycles. The highest BCUT2D eigenvalue weighted by Gasteiger charge is 2.43. The van der Waals surface area contributed by atoms with E-state index in [1.807, 2.05) is 13.8 Å². The second-order valence-corrected chi connectivity index (χ2v) is 6.48. The second kappa shape index (κ2) is 5.47. The summed E-state index contributed by atoms with van der Waals surface area (Å²) in [5.41, 5.74) is 0.0679. The van der Waals surface area contributed by atoms with Crippen LogP contribution in [0.2, 0.25) is 0 Å². The Bertz CT molecular complexity index is 533. The predicted molar refractivity (Wildman–Crippen MR) is 77.1 cm³/mol. The van der Waals surface area contributed by atoms with Gasteiger partial charge in [0.15, 0.2) is 0 Å². The molecule has 0 saturated carbocycles. The van der Waals surface area contributed by atoms with Crippen molar-refractivity contribution in [2.24, 2.45) is 7.05 Å². The Hall–Kier alpha value is -1.50. The van der Waals surface area contributed by atoms with Crippen LogP contribution in [0.4, 0.5) is 0 Å². The fourth-order valence-electron chi connectivity index (χ4n) is 2.15.